The zero-order valence-electron chi connectivity index (χ0n) is 12.7. The molecule has 0 aliphatic rings. The van der Waals surface area contributed by atoms with E-state index in [1.807, 2.05) is 13.1 Å². The van der Waals surface area contributed by atoms with Gasteiger partial charge in [0.15, 0.2) is 0 Å². The van der Waals surface area contributed by atoms with Gasteiger partial charge in [-0.1, -0.05) is 44.2 Å². The quantitative estimate of drug-likeness (QED) is 0.680. The van der Waals surface area contributed by atoms with E-state index >= 15 is 0 Å². The normalized spacial score (nSPS) is 14.0. The van der Waals surface area contributed by atoms with E-state index in [4.69, 9.17) is 0 Å². The van der Waals surface area contributed by atoms with E-state index in [0.29, 0.717) is 5.92 Å². The van der Waals surface area contributed by atoms with Crippen LogP contribution < -0.4 is 5.32 Å². The molecule has 0 aromatic heterocycles. The van der Waals surface area contributed by atoms with Gasteiger partial charge in [-0.15, -0.1) is 0 Å². The minimum atomic E-state index is -0.190. The molecule has 0 saturated carbocycles. The lowest BCUT2D eigenvalue weighted by molar-refractivity contribution is 0.621. The van der Waals surface area contributed by atoms with E-state index in [2.05, 4.69) is 66.0 Å². The number of nitrogens with one attached hydrogen (secondary N) is 1. The SMILES string of the molecule is CCC(C)c1ccc(C(NC)c2ccc(F)cc2I)cc1. The molecule has 0 bridgehead atoms. The van der Waals surface area contributed by atoms with Crippen molar-refractivity contribution in [1.29, 1.82) is 0 Å². The highest BCUT2D eigenvalue weighted by Gasteiger charge is 2.15. The van der Waals surface area contributed by atoms with Crippen LogP contribution in [-0.4, -0.2) is 7.05 Å². The summed E-state index contributed by atoms with van der Waals surface area (Å²) in [6.45, 7) is 4.45. The van der Waals surface area contributed by atoms with Crippen molar-refractivity contribution in [2.24, 2.45) is 0 Å². The Balaban J connectivity index is 2.33. The predicted octanol–water partition coefficient (Wildman–Crippen LogP) is 5.25. The molecule has 0 amide bonds. The Hall–Kier alpha value is -0.940. The highest BCUT2D eigenvalue weighted by molar-refractivity contribution is 14.1. The third-order valence-corrected chi connectivity index (χ3v) is 4.95. The van der Waals surface area contributed by atoms with Crippen molar-refractivity contribution in [2.75, 3.05) is 7.05 Å². The van der Waals surface area contributed by atoms with Crippen LogP contribution in [0, 0.1) is 9.39 Å². The number of benzene rings is 2. The fourth-order valence-corrected chi connectivity index (χ4v) is 3.28. The molecule has 1 N–H and O–H groups in total. The van der Waals surface area contributed by atoms with Gasteiger partial charge in [0.2, 0.25) is 0 Å². The second-order valence-corrected chi connectivity index (χ2v) is 6.53. The van der Waals surface area contributed by atoms with Crippen LogP contribution >= 0.6 is 22.6 Å². The first kappa shape index (κ1) is 16.4. The molecular formula is C18H21FIN. The summed E-state index contributed by atoms with van der Waals surface area (Å²) < 4.78 is 14.2. The Morgan fingerprint density at radius 1 is 1.10 bits per heavy atom. The van der Waals surface area contributed by atoms with Gasteiger partial charge in [-0.2, -0.15) is 0 Å². The predicted molar refractivity (Wildman–Crippen MR) is 95.2 cm³/mol. The van der Waals surface area contributed by atoms with Crippen LogP contribution in [0.1, 0.15) is 48.9 Å². The molecule has 2 aromatic rings. The Bertz CT molecular complexity index is 595. The lowest BCUT2D eigenvalue weighted by Gasteiger charge is -2.20. The second-order valence-electron chi connectivity index (χ2n) is 5.36. The van der Waals surface area contributed by atoms with Gasteiger partial charge in [-0.3, -0.25) is 0 Å². The summed E-state index contributed by atoms with van der Waals surface area (Å²) in [4.78, 5) is 0. The third kappa shape index (κ3) is 3.83. The second kappa shape index (κ2) is 7.36. The van der Waals surface area contributed by atoms with Crippen molar-refractivity contribution in [2.45, 2.75) is 32.2 Å². The van der Waals surface area contributed by atoms with Crippen LogP contribution in [0.4, 0.5) is 4.39 Å². The van der Waals surface area contributed by atoms with Crippen molar-refractivity contribution >= 4 is 22.6 Å². The molecular weight excluding hydrogens is 376 g/mol. The average molecular weight is 397 g/mol. The molecule has 0 fully saturated rings. The van der Waals surface area contributed by atoms with Crippen molar-refractivity contribution in [1.82, 2.24) is 5.32 Å². The Labute approximate surface area is 140 Å². The maximum absolute atomic E-state index is 13.3. The van der Waals surface area contributed by atoms with Gasteiger partial charge < -0.3 is 5.32 Å². The zero-order valence-corrected chi connectivity index (χ0v) is 14.8. The van der Waals surface area contributed by atoms with Crippen LogP contribution in [0.15, 0.2) is 42.5 Å². The molecule has 2 aromatic carbocycles. The summed E-state index contributed by atoms with van der Waals surface area (Å²) >= 11 is 2.19. The van der Waals surface area contributed by atoms with E-state index in [1.165, 1.54) is 17.2 Å². The molecule has 2 rings (SSSR count). The highest BCUT2D eigenvalue weighted by Crippen LogP contribution is 2.28. The summed E-state index contributed by atoms with van der Waals surface area (Å²) in [5.41, 5.74) is 3.68. The van der Waals surface area contributed by atoms with Gasteiger partial charge in [-0.05, 0) is 70.8 Å². The standard InChI is InChI=1S/C18H21FIN/c1-4-12(2)13-5-7-14(8-6-13)18(21-3)16-10-9-15(19)11-17(16)20/h5-12,18,21H,4H2,1-3H3. The van der Waals surface area contributed by atoms with Gasteiger partial charge in [-0.25, -0.2) is 4.39 Å². The molecule has 0 heterocycles. The van der Waals surface area contributed by atoms with Gasteiger partial charge in [0, 0.05) is 3.57 Å². The Kier molecular flexibility index (Phi) is 5.76. The van der Waals surface area contributed by atoms with Crippen LogP contribution in [0.2, 0.25) is 0 Å². The fourth-order valence-electron chi connectivity index (χ4n) is 2.49. The fraction of sp³-hybridized carbons (Fsp3) is 0.333. The van der Waals surface area contributed by atoms with E-state index in [-0.39, 0.29) is 11.9 Å². The zero-order chi connectivity index (χ0) is 15.4. The van der Waals surface area contributed by atoms with E-state index < -0.39 is 0 Å². The molecule has 0 aliphatic carbocycles. The topological polar surface area (TPSA) is 12.0 Å². The largest absolute Gasteiger partial charge is 0.309 e. The lowest BCUT2D eigenvalue weighted by Crippen LogP contribution is -2.18. The maximum Gasteiger partial charge on any atom is 0.124 e. The minimum absolute atomic E-state index is 0.0866. The number of hydrogen-bond donors (Lipinski definition) is 1. The monoisotopic (exact) mass is 397 g/mol. The van der Waals surface area contributed by atoms with Crippen LogP contribution in [0.3, 0.4) is 0 Å². The molecule has 3 heteroatoms. The Morgan fingerprint density at radius 3 is 2.24 bits per heavy atom. The molecule has 2 atom stereocenters. The number of hydrogen-bond acceptors (Lipinski definition) is 1. The van der Waals surface area contributed by atoms with Crippen molar-refractivity contribution in [3.8, 4) is 0 Å². The van der Waals surface area contributed by atoms with Crippen molar-refractivity contribution in [3.05, 3.63) is 68.5 Å². The van der Waals surface area contributed by atoms with Gasteiger partial charge in [0.25, 0.3) is 0 Å². The Morgan fingerprint density at radius 2 is 1.71 bits per heavy atom. The van der Waals surface area contributed by atoms with Gasteiger partial charge >= 0.3 is 0 Å². The molecule has 0 aliphatic heterocycles. The third-order valence-electron chi connectivity index (χ3n) is 4.01. The molecule has 0 saturated heterocycles. The summed E-state index contributed by atoms with van der Waals surface area (Å²) in [7, 11) is 1.94. The van der Waals surface area contributed by atoms with Crippen molar-refractivity contribution in [3.63, 3.8) is 0 Å². The first-order chi connectivity index (χ1) is 10.1. The highest BCUT2D eigenvalue weighted by atomic mass is 127. The molecule has 0 spiro atoms. The van der Waals surface area contributed by atoms with Gasteiger partial charge in [0.05, 0.1) is 6.04 Å². The van der Waals surface area contributed by atoms with Crippen molar-refractivity contribution < 1.29 is 4.39 Å². The first-order valence-corrected chi connectivity index (χ1v) is 8.36. The summed E-state index contributed by atoms with van der Waals surface area (Å²) in [6.07, 6.45) is 1.14. The summed E-state index contributed by atoms with van der Waals surface area (Å²) in [6, 6.07) is 13.8. The first-order valence-electron chi connectivity index (χ1n) is 7.28. The number of halogens is 2. The van der Waals surface area contributed by atoms with E-state index in [9.17, 15) is 4.39 Å². The molecule has 2 unspecified atom stereocenters. The maximum atomic E-state index is 13.3. The smallest absolute Gasteiger partial charge is 0.124 e. The van der Waals surface area contributed by atoms with Crippen LogP contribution in [0.25, 0.3) is 0 Å². The number of rotatable bonds is 5. The lowest BCUT2D eigenvalue weighted by atomic mass is 9.94. The van der Waals surface area contributed by atoms with E-state index in [1.54, 1.807) is 6.07 Å². The molecule has 1 nitrogen and oxygen atoms in total. The van der Waals surface area contributed by atoms with E-state index in [0.717, 1.165) is 15.6 Å². The average Bonchev–Trinajstić information content (AvgIpc) is 2.50. The molecule has 0 radical (unpaired) electrons. The van der Waals surface area contributed by atoms with Crippen LogP contribution in [-0.2, 0) is 0 Å². The van der Waals surface area contributed by atoms with Crippen LogP contribution in [0.5, 0.6) is 0 Å². The molecule has 112 valence electrons. The minimum Gasteiger partial charge on any atom is -0.309 e. The van der Waals surface area contributed by atoms with Gasteiger partial charge in [0.1, 0.15) is 5.82 Å². The summed E-state index contributed by atoms with van der Waals surface area (Å²) in [5, 5.41) is 3.33. The summed E-state index contributed by atoms with van der Waals surface area (Å²) in [5.74, 6) is 0.392. The molecule has 21 heavy (non-hydrogen) atoms.